The molecule has 0 unspecified atom stereocenters. The van der Waals surface area contributed by atoms with Gasteiger partial charge in [-0.1, -0.05) is 25.5 Å². The number of ether oxygens (including phenoxy) is 1. The molecule has 0 saturated carbocycles. The van der Waals surface area contributed by atoms with E-state index in [9.17, 15) is 10.2 Å². The number of hydrogen-bond donors (Lipinski definition) is 2. The first kappa shape index (κ1) is 13.1. The number of aliphatic hydroxyl groups is 2. The van der Waals surface area contributed by atoms with Gasteiger partial charge in [-0.15, -0.1) is 0 Å². The largest absolute Gasteiger partial charge is 0.396 e. The molecule has 1 heterocycles. The molecule has 3 heteroatoms. The Labute approximate surface area is 103 Å². The summed E-state index contributed by atoms with van der Waals surface area (Å²) in [5, 5.41) is 19.1. The first-order valence-corrected chi connectivity index (χ1v) is 6.44. The summed E-state index contributed by atoms with van der Waals surface area (Å²) >= 11 is 0. The molecular weight excluding hydrogens is 216 g/mol. The Kier molecular flexibility index (Phi) is 3.36. The van der Waals surface area contributed by atoms with E-state index in [2.05, 4.69) is 13.0 Å². The van der Waals surface area contributed by atoms with E-state index >= 15 is 0 Å². The average Bonchev–Trinajstić information content (AvgIpc) is 2.34. The number of rotatable bonds is 3. The Balaban J connectivity index is 2.26. The normalized spacial score (nSPS) is 37.8. The highest BCUT2D eigenvalue weighted by atomic mass is 16.5. The van der Waals surface area contributed by atoms with Crippen molar-refractivity contribution in [2.75, 3.05) is 19.8 Å². The van der Waals surface area contributed by atoms with Crippen molar-refractivity contribution in [1.82, 2.24) is 0 Å². The van der Waals surface area contributed by atoms with E-state index in [1.807, 2.05) is 13.8 Å². The number of hydrogen-bond acceptors (Lipinski definition) is 3. The van der Waals surface area contributed by atoms with Crippen molar-refractivity contribution in [1.29, 1.82) is 0 Å². The molecule has 0 radical (unpaired) electrons. The second kappa shape index (κ2) is 4.38. The van der Waals surface area contributed by atoms with Gasteiger partial charge in [0, 0.05) is 16.7 Å². The van der Waals surface area contributed by atoms with Crippen LogP contribution in [0.1, 0.15) is 33.6 Å². The molecule has 3 atom stereocenters. The predicted molar refractivity (Wildman–Crippen MR) is 66.6 cm³/mol. The summed E-state index contributed by atoms with van der Waals surface area (Å²) in [6.45, 7) is 7.17. The third-order valence-electron chi connectivity index (χ3n) is 4.54. The molecule has 0 aromatic rings. The molecule has 1 saturated heterocycles. The van der Waals surface area contributed by atoms with Crippen LogP contribution in [0.5, 0.6) is 0 Å². The van der Waals surface area contributed by atoms with Crippen LogP contribution in [0.3, 0.4) is 0 Å². The highest BCUT2D eigenvalue weighted by molar-refractivity contribution is 5.17. The van der Waals surface area contributed by atoms with Gasteiger partial charge in [-0.25, -0.2) is 0 Å². The van der Waals surface area contributed by atoms with Crippen molar-refractivity contribution >= 4 is 0 Å². The van der Waals surface area contributed by atoms with Gasteiger partial charge in [0.2, 0.25) is 0 Å². The second-order valence-electron chi connectivity index (χ2n) is 6.50. The lowest BCUT2D eigenvalue weighted by Crippen LogP contribution is -2.52. The van der Waals surface area contributed by atoms with Crippen molar-refractivity contribution in [3.63, 3.8) is 0 Å². The van der Waals surface area contributed by atoms with Gasteiger partial charge in [0.1, 0.15) is 0 Å². The summed E-state index contributed by atoms with van der Waals surface area (Å²) in [7, 11) is 0. The van der Waals surface area contributed by atoms with Gasteiger partial charge in [0.15, 0.2) is 0 Å². The van der Waals surface area contributed by atoms with Crippen LogP contribution in [0.4, 0.5) is 0 Å². The van der Waals surface area contributed by atoms with E-state index in [0.29, 0.717) is 12.5 Å². The van der Waals surface area contributed by atoms with Crippen LogP contribution in [0, 0.1) is 16.7 Å². The molecule has 0 amide bonds. The molecule has 2 rings (SSSR count). The van der Waals surface area contributed by atoms with Gasteiger partial charge < -0.3 is 14.9 Å². The minimum absolute atomic E-state index is 0.0590. The predicted octanol–water partition coefficient (Wildman–Crippen LogP) is 1.74. The van der Waals surface area contributed by atoms with Crippen molar-refractivity contribution in [3.05, 3.63) is 11.6 Å². The maximum Gasteiger partial charge on any atom is 0.0713 e. The molecule has 1 fully saturated rings. The highest BCUT2D eigenvalue weighted by Crippen LogP contribution is 2.48. The number of aliphatic hydroxyl groups excluding tert-OH is 2. The van der Waals surface area contributed by atoms with Gasteiger partial charge in [-0.05, 0) is 19.8 Å². The number of allylic oxidation sites excluding steroid dienone is 1. The summed E-state index contributed by atoms with van der Waals surface area (Å²) in [4.78, 5) is 0. The first-order valence-electron chi connectivity index (χ1n) is 6.44. The fourth-order valence-corrected chi connectivity index (χ4v) is 3.12. The minimum atomic E-state index is -0.223. The summed E-state index contributed by atoms with van der Waals surface area (Å²) in [6, 6.07) is 0. The summed E-state index contributed by atoms with van der Waals surface area (Å²) in [5.41, 5.74) is 1.05. The maximum absolute atomic E-state index is 9.57. The van der Waals surface area contributed by atoms with Crippen LogP contribution >= 0.6 is 0 Å². The summed E-state index contributed by atoms with van der Waals surface area (Å²) < 4.78 is 6.00. The van der Waals surface area contributed by atoms with Crippen molar-refractivity contribution in [2.45, 2.75) is 39.7 Å². The lowest BCUT2D eigenvalue weighted by molar-refractivity contribution is -0.158. The summed E-state index contributed by atoms with van der Waals surface area (Å²) in [5.74, 6) is 0.340. The van der Waals surface area contributed by atoms with Crippen LogP contribution in [-0.2, 0) is 4.74 Å². The number of fused-ring (bicyclic) bond motifs is 2. The Bertz CT molecular complexity index is 321. The quantitative estimate of drug-likeness (QED) is 0.739. The fourth-order valence-electron chi connectivity index (χ4n) is 3.12. The molecule has 0 aromatic carbocycles. The maximum atomic E-state index is 9.57. The zero-order valence-electron chi connectivity index (χ0n) is 11.1. The lowest BCUT2D eigenvalue weighted by atomic mass is 9.63. The van der Waals surface area contributed by atoms with Crippen LogP contribution in [0.2, 0.25) is 0 Å². The molecule has 2 bridgehead atoms. The molecule has 1 aliphatic carbocycles. The van der Waals surface area contributed by atoms with E-state index in [4.69, 9.17) is 4.74 Å². The third kappa shape index (κ3) is 2.16. The third-order valence-corrected chi connectivity index (χ3v) is 4.54. The minimum Gasteiger partial charge on any atom is -0.396 e. The van der Waals surface area contributed by atoms with Gasteiger partial charge in [0.05, 0.1) is 25.9 Å². The molecule has 0 aromatic heterocycles. The Morgan fingerprint density at radius 1 is 1.47 bits per heavy atom. The van der Waals surface area contributed by atoms with Crippen molar-refractivity contribution in [2.24, 2.45) is 16.7 Å². The van der Waals surface area contributed by atoms with E-state index in [0.717, 1.165) is 12.8 Å². The molecular formula is C14H24O3. The van der Waals surface area contributed by atoms with Gasteiger partial charge >= 0.3 is 0 Å². The average molecular weight is 240 g/mol. The zero-order valence-corrected chi connectivity index (χ0v) is 11.1. The van der Waals surface area contributed by atoms with Gasteiger partial charge in [-0.3, -0.25) is 0 Å². The second-order valence-corrected chi connectivity index (χ2v) is 6.50. The standard InChI is InChI=1S/C14H24O3/c1-10-4-5-14(8-16)6-11(10)12(17-9-14)13(2,3)7-15/h4,11-12,15-16H,5-9H2,1-3H3/t11-,12+,14-/m1/s1. The first-order chi connectivity index (χ1) is 7.94. The molecule has 3 nitrogen and oxygen atoms in total. The Morgan fingerprint density at radius 3 is 2.76 bits per heavy atom. The smallest absolute Gasteiger partial charge is 0.0713 e. The lowest BCUT2D eigenvalue weighted by Gasteiger charge is -2.51. The SMILES string of the molecule is CC1=CC[C@@]2(CO)CO[C@H](C(C)(C)CO)[C@@H]1C2. The van der Waals surface area contributed by atoms with Gasteiger partial charge in [0.25, 0.3) is 0 Å². The molecule has 1 aliphatic heterocycles. The highest BCUT2D eigenvalue weighted by Gasteiger charge is 2.48. The molecule has 17 heavy (non-hydrogen) atoms. The van der Waals surface area contributed by atoms with Crippen LogP contribution in [-0.4, -0.2) is 36.1 Å². The van der Waals surface area contributed by atoms with Crippen LogP contribution in [0.25, 0.3) is 0 Å². The fraction of sp³-hybridized carbons (Fsp3) is 0.857. The van der Waals surface area contributed by atoms with Crippen LogP contribution in [0.15, 0.2) is 11.6 Å². The monoisotopic (exact) mass is 240 g/mol. The van der Waals surface area contributed by atoms with Crippen molar-refractivity contribution in [3.8, 4) is 0 Å². The van der Waals surface area contributed by atoms with E-state index in [1.165, 1.54) is 5.57 Å². The molecule has 0 spiro atoms. The molecule has 98 valence electrons. The summed E-state index contributed by atoms with van der Waals surface area (Å²) in [6.07, 6.45) is 4.20. The van der Waals surface area contributed by atoms with Crippen molar-refractivity contribution < 1.29 is 14.9 Å². The zero-order chi connectivity index (χ0) is 12.7. The van der Waals surface area contributed by atoms with E-state index < -0.39 is 0 Å². The van der Waals surface area contributed by atoms with E-state index in [-0.39, 0.29) is 30.1 Å². The molecule has 2 aliphatic rings. The van der Waals surface area contributed by atoms with E-state index in [1.54, 1.807) is 0 Å². The van der Waals surface area contributed by atoms with Gasteiger partial charge in [-0.2, -0.15) is 0 Å². The Morgan fingerprint density at radius 2 is 2.18 bits per heavy atom. The molecule has 2 N–H and O–H groups in total. The Hall–Kier alpha value is -0.380. The topological polar surface area (TPSA) is 49.7 Å². The van der Waals surface area contributed by atoms with Crippen LogP contribution < -0.4 is 0 Å².